The molecule has 0 aliphatic heterocycles. The molecule has 0 aliphatic rings. The van der Waals surface area contributed by atoms with Crippen molar-refractivity contribution in [2.75, 3.05) is 0 Å². The van der Waals surface area contributed by atoms with E-state index in [9.17, 15) is 4.39 Å². The van der Waals surface area contributed by atoms with Crippen molar-refractivity contribution in [1.82, 2.24) is 9.38 Å². The zero-order valence-electron chi connectivity index (χ0n) is 12.1. The molecule has 0 atom stereocenters. The van der Waals surface area contributed by atoms with Gasteiger partial charge in [0.05, 0.1) is 6.26 Å². The molecule has 4 aromatic rings. The minimum Gasteiger partial charge on any atom is -0.463 e. The molecule has 0 unspecified atom stereocenters. The molecule has 0 aliphatic carbocycles. The van der Waals surface area contributed by atoms with Crippen LogP contribution in [0.15, 0.2) is 76.5 Å². The lowest BCUT2D eigenvalue weighted by molar-refractivity contribution is 0.580. The molecule has 112 valence electrons. The number of benzene rings is 1. The summed E-state index contributed by atoms with van der Waals surface area (Å²) in [5, 5.41) is 0. The molecule has 4 nitrogen and oxygen atoms in total. The van der Waals surface area contributed by atoms with Crippen LogP contribution in [0, 0.1) is 5.82 Å². The highest BCUT2D eigenvalue weighted by Gasteiger charge is 2.14. The van der Waals surface area contributed by atoms with Crippen LogP contribution in [0.4, 0.5) is 10.2 Å². The SMILES string of the molecule is Fc1ccc(C=Nc2c(-c3ccco3)nc3ccccn23)cc1. The maximum absolute atomic E-state index is 13.0. The first-order valence-corrected chi connectivity index (χ1v) is 7.12. The third-order valence-electron chi connectivity index (χ3n) is 3.47. The van der Waals surface area contributed by atoms with Crippen LogP contribution in [-0.4, -0.2) is 15.6 Å². The van der Waals surface area contributed by atoms with Crippen LogP contribution >= 0.6 is 0 Å². The average molecular weight is 305 g/mol. The molecular weight excluding hydrogens is 293 g/mol. The summed E-state index contributed by atoms with van der Waals surface area (Å²) in [5.41, 5.74) is 2.26. The zero-order valence-corrected chi connectivity index (χ0v) is 12.1. The highest BCUT2D eigenvalue weighted by molar-refractivity contribution is 5.84. The van der Waals surface area contributed by atoms with Crippen molar-refractivity contribution in [1.29, 1.82) is 0 Å². The second kappa shape index (κ2) is 5.53. The van der Waals surface area contributed by atoms with E-state index in [0.717, 1.165) is 11.2 Å². The van der Waals surface area contributed by atoms with Crippen LogP contribution in [0.25, 0.3) is 17.1 Å². The minimum absolute atomic E-state index is 0.270. The molecule has 0 saturated heterocycles. The summed E-state index contributed by atoms with van der Waals surface area (Å²) in [5.74, 6) is 1.05. The highest BCUT2D eigenvalue weighted by Crippen LogP contribution is 2.31. The molecule has 0 saturated carbocycles. The van der Waals surface area contributed by atoms with Crippen LogP contribution in [-0.2, 0) is 0 Å². The first-order valence-electron chi connectivity index (χ1n) is 7.12. The van der Waals surface area contributed by atoms with Crippen molar-refractivity contribution in [2.45, 2.75) is 0 Å². The van der Waals surface area contributed by atoms with Crippen molar-refractivity contribution in [2.24, 2.45) is 4.99 Å². The third kappa shape index (κ3) is 2.53. The Labute approximate surface area is 131 Å². The summed E-state index contributed by atoms with van der Waals surface area (Å²) in [7, 11) is 0. The highest BCUT2D eigenvalue weighted by atomic mass is 19.1. The van der Waals surface area contributed by atoms with Gasteiger partial charge in [0.15, 0.2) is 17.3 Å². The average Bonchev–Trinajstić information content (AvgIpc) is 3.22. The lowest BCUT2D eigenvalue weighted by atomic mass is 10.2. The molecule has 23 heavy (non-hydrogen) atoms. The Morgan fingerprint density at radius 3 is 2.70 bits per heavy atom. The van der Waals surface area contributed by atoms with Gasteiger partial charge in [0, 0.05) is 12.4 Å². The van der Waals surface area contributed by atoms with Gasteiger partial charge in [-0.15, -0.1) is 0 Å². The van der Waals surface area contributed by atoms with Crippen LogP contribution in [0.3, 0.4) is 0 Å². The Kier molecular flexibility index (Phi) is 3.24. The maximum Gasteiger partial charge on any atom is 0.168 e. The van der Waals surface area contributed by atoms with Gasteiger partial charge < -0.3 is 4.42 Å². The molecule has 4 rings (SSSR count). The van der Waals surface area contributed by atoms with Gasteiger partial charge in [-0.1, -0.05) is 18.2 Å². The molecule has 0 amide bonds. The summed E-state index contributed by atoms with van der Waals surface area (Å²) in [6.45, 7) is 0. The second-order valence-electron chi connectivity index (χ2n) is 5.00. The van der Waals surface area contributed by atoms with E-state index in [-0.39, 0.29) is 5.82 Å². The molecule has 1 aromatic carbocycles. The topological polar surface area (TPSA) is 42.8 Å². The summed E-state index contributed by atoms with van der Waals surface area (Å²) >= 11 is 0. The third-order valence-corrected chi connectivity index (χ3v) is 3.47. The summed E-state index contributed by atoms with van der Waals surface area (Å²) in [4.78, 5) is 9.12. The number of aliphatic imine (C=N–C) groups is 1. The van der Waals surface area contributed by atoms with Crippen LogP contribution in [0.2, 0.25) is 0 Å². The molecule has 0 radical (unpaired) electrons. The lowest BCUT2D eigenvalue weighted by Crippen LogP contribution is -1.85. The van der Waals surface area contributed by atoms with E-state index in [1.165, 1.54) is 12.1 Å². The summed E-state index contributed by atoms with van der Waals surface area (Å²) in [6.07, 6.45) is 5.18. The number of halogens is 1. The number of rotatable bonds is 3. The molecule has 0 fully saturated rings. The first kappa shape index (κ1) is 13.5. The molecular formula is C18H12FN3O. The number of furan rings is 1. The van der Waals surface area contributed by atoms with Crippen molar-refractivity contribution in [3.8, 4) is 11.5 Å². The van der Waals surface area contributed by atoms with Gasteiger partial charge in [0.1, 0.15) is 11.5 Å². The monoisotopic (exact) mass is 305 g/mol. The molecule has 5 heteroatoms. The Morgan fingerprint density at radius 2 is 1.91 bits per heavy atom. The van der Waals surface area contributed by atoms with Crippen LogP contribution in [0.5, 0.6) is 0 Å². The number of nitrogens with zero attached hydrogens (tertiary/aromatic N) is 3. The molecule has 3 aromatic heterocycles. The predicted octanol–water partition coefficient (Wildman–Crippen LogP) is 4.48. The standard InChI is InChI=1S/C18H12FN3O/c19-14-8-6-13(7-9-14)12-20-18-17(15-4-3-11-23-15)21-16-5-1-2-10-22(16)18/h1-12H. The number of hydrogen-bond acceptors (Lipinski definition) is 3. The van der Waals surface area contributed by atoms with Gasteiger partial charge in [0.2, 0.25) is 0 Å². The van der Waals surface area contributed by atoms with E-state index in [4.69, 9.17) is 4.42 Å². The van der Waals surface area contributed by atoms with Crippen LogP contribution in [0.1, 0.15) is 5.56 Å². The quantitative estimate of drug-likeness (QED) is 0.524. The van der Waals surface area contributed by atoms with Gasteiger partial charge in [0.25, 0.3) is 0 Å². The van der Waals surface area contributed by atoms with Crippen molar-refractivity contribution < 1.29 is 8.81 Å². The van der Waals surface area contributed by atoms with E-state index in [0.29, 0.717) is 17.3 Å². The summed E-state index contributed by atoms with van der Waals surface area (Å²) < 4.78 is 20.3. The van der Waals surface area contributed by atoms with Gasteiger partial charge >= 0.3 is 0 Å². The Bertz CT molecular complexity index is 969. The Morgan fingerprint density at radius 1 is 1.04 bits per heavy atom. The van der Waals surface area contributed by atoms with Gasteiger partial charge in [-0.25, -0.2) is 14.4 Å². The van der Waals surface area contributed by atoms with E-state index in [1.54, 1.807) is 24.6 Å². The fourth-order valence-corrected chi connectivity index (χ4v) is 2.37. The fourth-order valence-electron chi connectivity index (χ4n) is 2.37. The normalized spacial score (nSPS) is 11.5. The van der Waals surface area contributed by atoms with E-state index in [2.05, 4.69) is 9.98 Å². The van der Waals surface area contributed by atoms with E-state index < -0.39 is 0 Å². The number of pyridine rings is 1. The van der Waals surface area contributed by atoms with Gasteiger partial charge in [-0.2, -0.15) is 0 Å². The minimum atomic E-state index is -0.270. The second-order valence-corrected chi connectivity index (χ2v) is 5.00. The van der Waals surface area contributed by atoms with E-state index in [1.807, 2.05) is 40.9 Å². The Hall–Kier alpha value is -3.21. The van der Waals surface area contributed by atoms with Gasteiger partial charge in [-0.3, -0.25) is 4.40 Å². The zero-order chi connectivity index (χ0) is 15.6. The van der Waals surface area contributed by atoms with Gasteiger partial charge in [-0.05, 0) is 42.0 Å². The van der Waals surface area contributed by atoms with Crippen molar-refractivity contribution >= 4 is 17.7 Å². The predicted molar refractivity (Wildman–Crippen MR) is 86.5 cm³/mol. The molecule has 0 bridgehead atoms. The van der Waals surface area contributed by atoms with Crippen LogP contribution < -0.4 is 0 Å². The lowest BCUT2D eigenvalue weighted by Gasteiger charge is -1.98. The number of fused-ring (bicyclic) bond motifs is 1. The molecule has 3 heterocycles. The largest absolute Gasteiger partial charge is 0.463 e. The first-order chi connectivity index (χ1) is 11.3. The number of aromatic nitrogens is 2. The van der Waals surface area contributed by atoms with Crippen molar-refractivity contribution in [3.63, 3.8) is 0 Å². The fraction of sp³-hybridized carbons (Fsp3) is 0. The molecule has 0 spiro atoms. The summed E-state index contributed by atoms with van der Waals surface area (Å²) in [6, 6.07) is 15.6. The Balaban J connectivity index is 1.84. The van der Waals surface area contributed by atoms with E-state index >= 15 is 0 Å². The molecule has 0 N–H and O–H groups in total. The number of hydrogen-bond donors (Lipinski definition) is 0. The maximum atomic E-state index is 13.0. The van der Waals surface area contributed by atoms with Crippen molar-refractivity contribution in [3.05, 3.63) is 78.4 Å². The smallest absolute Gasteiger partial charge is 0.168 e. The number of imidazole rings is 1.